The fourth-order valence-electron chi connectivity index (χ4n) is 1.52. The topological polar surface area (TPSA) is 57.5 Å². The predicted molar refractivity (Wildman–Crippen MR) is 59.6 cm³/mol. The van der Waals surface area contributed by atoms with E-state index in [9.17, 15) is 23.8 Å². The molecule has 0 aliphatic carbocycles. The van der Waals surface area contributed by atoms with E-state index >= 15 is 0 Å². The quantitative estimate of drug-likeness (QED) is 0.805. The Kier molecular flexibility index (Phi) is 2.97. The summed E-state index contributed by atoms with van der Waals surface area (Å²) in [6.45, 7) is 0. The summed E-state index contributed by atoms with van der Waals surface area (Å²) >= 11 is 0. The van der Waals surface area contributed by atoms with Gasteiger partial charge in [-0.1, -0.05) is 0 Å². The number of carbonyl (C=O) groups excluding carboxylic acids is 1. The molecule has 0 unspecified atom stereocenters. The van der Waals surface area contributed by atoms with E-state index < -0.39 is 28.5 Å². The van der Waals surface area contributed by atoms with Crippen molar-refractivity contribution in [2.75, 3.05) is 0 Å². The van der Waals surface area contributed by atoms with Crippen molar-refractivity contribution in [3.63, 3.8) is 0 Å². The monoisotopic (exact) mass is 250 g/mol. The zero-order valence-corrected chi connectivity index (χ0v) is 9.02. The van der Waals surface area contributed by atoms with Crippen LogP contribution >= 0.6 is 0 Å². The molecule has 0 radical (unpaired) electrons. The number of hydrogen-bond donors (Lipinski definition) is 2. The van der Waals surface area contributed by atoms with Crippen LogP contribution in [0.15, 0.2) is 36.4 Å². The zero-order valence-electron chi connectivity index (χ0n) is 9.02. The molecule has 2 N–H and O–H groups in total. The summed E-state index contributed by atoms with van der Waals surface area (Å²) in [4.78, 5) is 11.9. The summed E-state index contributed by atoms with van der Waals surface area (Å²) < 4.78 is 26.8. The molecule has 2 aromatic rings. The molecule has 0 amide bonds. The Morgan fingerprint density at radius 3 is 1.61 bits per heavy atom. The fraction of sp³-hybridized carbons (Fsp3) is 0. The normalized spacial score (nSPS) is 10.3. The molecule has 0 spiro atoms. The third-order valence-electron chi connectivity index (χ3n) is 2.39. The number of aromatic hydroxyl groups is 2. The molecule has 0 atom stereocenters. The van der Waals surface area contributed by atoms with Gasteiger partial charge in [-0.15, -0.1) is 0 Å². The minimum Gasteiger partial charge on any atom is -0.508 e. The maximum absolute atomic E-state index is 13.4. The molecule has 0 saturated heterocycles. The number of phenols is 2. The van der Waals surface area contributed by atoms with E-state index in [2.05, 4.69) is 0 Å². The average Bonchev–Trinajstić information content (AvgIpc) is 2.34. The first-order valence-corrected chi connectivity index (χ1v) is 5.01. The van der Waals surface area contributed by atoms with E-state index in [1.165, 1.54) is 0 Å². The van der Waals surface area contributed by atoms with Crippen LogP contribution in [0, 0.1) is 11.6 Å². The molecule has 5 heteroatoms. The van der Waals surface area contributed by atoms with Crippen molar-refractivity contribution in [1.29, 1.82) is 0 Å². The molecule has 0 aliphatic heterocycles. The van der Waals surface area contributed by atoms with Gasteiger partial charge in [0.15, 0.2) is 5.78 Å². The summed E-state index contributed by atoms with van der Waals surface area (Å²) in [6.07, 6.45) is 0. The number of halogens is 2. The minimum atomic E-state index is -0.947. The molecule has 0 bridgehead atoms. The van der Waals surface area contributed by atoms with E-state index in [-0.39, 0.29) is 11.5 Å². The first-order chi connectivity index (χ1) is 8.49. The molecule has 0 saturated carbocycles. The Morgan fingerprint density at radius 1 is 0.833 bits per heavy atom. The van der Waals surface area contributed by atoms with E-state index in [1.807, 2.05) is 0 Å². The van der Waals surface area contributed by atoms with Crippen LogP contribution in [0.4, 0.5) is 8.78 Å². The summed E-state index contributed by atoms with van der Waals surface area (Å²) in [5, 5.41) is 18.4. The molecule has 0 aromatic heterocycles. The highest BCUT2D eigenvalue weighted by Crippen LogP contribution is 2.22. The first kappa shape index (κ1) is 12.0. The van der Waals surface area contributed by atoms with E-state index in [1.54, 1.807) is 0 Å². The van der Waals surface area contributed by atoms with Gasteiger partial charge in [-0.2, -0.15) is 0 Å². The minimum absolute atomic E-state index is 0.305. The van der Waals surface area contributed by atoms with Crippen LogP contribution < -0.4 is 0 Å². The van der Waals surface area contributed by atoms with Crippen molar-refractivity contribution in [3.8, 4) is 11.5 Å². The molecule has 0 heterocycles. The highest BCUT2D eigenvalue weighted by atomic mass is 19.1. The molecule has 0 fully saturated rings. The lowest BCUT2D eigenvalue weighted by Gasteiger charge is -2.05. The highest BCUT2D eigenvalue weighted by Gasteiger charge is 2.18. The van der Waals surface area contributed by atoms with Gasteiger partial charge in [0.05, 0.1) is 11.1 Å². The van der Waals surface area contributed by atoms with Gasteiger partial charge in [-0.3, -0.25) is 4.79 Å². The Hall–Kier alpha value is -2.43. The third-order valence-corrected chi connectivity index (χ3v) is 2.39. The van der Waals surface area contributed by atoms with Crippen molar-refractivity contribution in [1.82, 2.24) is 0 Å². The van der Waals surface area contributed by atoms with Crippen LogP contribution in [-0.4, -0.2) is 16.0 Å². The summed E-state index contributed by atoms with van der Waals surface area (Å²) in [5.74, 6) is -3.31. The Morgan fingerprint density at radius 2 is 1.22 bits per heavy atom. The molecule has 0 aliphatic rings. The maximum atomic E-state index is 13.4. The molecular formula is C13H8F2O3. The standard InChI is InChI=1S/C13H8F2O3/c14-11-3-1-7(16)5-9(11)13(18)10-6-8(17)2-4-12(10)15/h1-6,16-17H. The smallest absolute Gasteiger partial charge is 0.199 e. The van der Waals surface area contributed by atoms with Crippen LogP contribution in [0.3, 0.4) is 0 Å². The van der Waals surface area contributed by atoms with Gasteiger partial charge in [0.1, 0.15) is 23.1 Å². The van der Waals surface area contributed by atoms with Crippen LogP contribution in [0.25, 0.3) is 0 Å². The third kappa shape index (κ3) is 2.15. The number of hydrogen-bond acceptors (Lipinski definition) is 3. The van der Waals surface area contributed by atoms with Crippen LogP contribution in [-0.2, 0) is 0 Å². The SMILES string of the molecule is O=C(c1cc(O)ccc1F)c1cc(O)ccc1F. The van der Waals surface area contributed by atoms with Gasteiger partial charge >= 0.3 is 0 Å². The van der Waals surface area contributed by atoms with Crippen molar-refractivity contribution in [2.45, 2.75) is 0 Å². The van der Waals surface area contributed by atoms with E-state index in [0.717, 1.165) is 36.4 Å². The predicted octanol–water partition coefficient (Wildman–Crippen LogP) is 2.61. The van der Waals surface area contributed by atoms with Gasteiger partial charge in [0.2, 0.25) is 0 Å². The summed E-state index contributed by atoms with van der Waals surface area (Å²) in [7, 11) is 0. The molecular weight excluding hydrogens is 242 g/mol. The molecule has 18 heavy (non-hydrogen) atoms. The lowest BCUT2D eigenvalue weighted by Crippen LogP contribution is -2.06. The number of carbonyl (C=O) groups is 1. The largest absolute Gasteiger partial charge is 0.508 e. The number of rotatable bonds is 2. The average molecular weight is 250 g/mol. The van der Waals surface area contributed by atoms with Gasteiger partial charge in [-0.05, 0) is 36.4 Å². The lowest BCUT2D eigenvalue weighted by atomic mass is 10.0. The molecule has 2 rings (SSSR count). The second kappa shape index (κ2) is 4.44. The maximum Gasteiger partial charge on any atom is 0.199 e. The van der Waals surface area contributed by atoms with Crippen LogP contribution in [0.1, 0.15) is 15.9 Å². The van der Waals surface area contributed by atoms with E-state index in [4.69, 9.17) is 0 Å². The Labute approximate surface area is 101 Å². The fourth-order valence-corrected chi connectivity index (χ4v) is 1.52. The molecule has 92 valence electrons. The van der Waals surface area contributed by atoms with Crippen LogP contribution in [0.2, 0.25) is 0 Å². The van der Waals surface area contributed by atoms with Gasteiger partial charge < -0.3 is 10.2 Å². The number of benzene rings is 2. The molecule has 3 nitrogen and oxygen atoms in total. The Bertz CT molecular complexity index is 570. The second-order valence-corrected chi connectivity index (χ2v) is 3.66. The second-order valence-electron chi connectivity index (χ2n) is 3.66. The van der Waals surface area contributed by atoms with E-state index in [0.29, 0.717) is 0 Å². The van der Waals surface area contributed by atoms with Gasteiger partial charge in [-0.25, -0.2) is 8.78 Å². The van der Waals surface area contributed by atoms with Crippen molar-refractivity contribution < 1.29 is 23.8 Å². The summed E-state index contributed by atoms with van der Waals surface area (Å²) in [5.41, 5.74) is -0.918. The van der Waals surface area contributed by atoms with Gasteiger partial charge in [0, 0.05) is 0 Å². The number of ketones is 1. The van der Waals surface area contributed by atoms with Crippen molar-refractivity contribution in [3.05, 3.63) is 59.2 Å². The first-order valence-electron chi connectivity index (χ1n) is 5.01. The Balaban J connectivity index is 2.54. The zero-order chi connectivity index (χ0) is 13.3. The highest BCUT2D eigenvalue weighted by molar-refractivity contribution is 6.09. The lowest BCUT2D eigenvalue weighted by molar-refractivity contribution is 0.103. The van der Waals surface area contributed by atoms with Crippen molar-refractivity contribution >= 4 is 5.78 Å². The summed E-state index contributed by atoms with van der Waals surface area (Å²) in [6, 6.07) is 5.77. The number of phenolic OH excluding ortho intramolecular Hbond substituents is 2. The molecule has 2 aromatic carbocycles. The van der Waals surface area contributed by atoms with Crippen LogP contribution in [0.5, 0.6) is 11.5 Å². The van der Waals surface area contributed by atoms with Crippen molar-refractivity contribution in [2.24, 2.45) is 0 Å². The van der Waals surface area contributed by atoms with Gasteiger partial charge in [0.25, 0.3) is 0 Å².